The van der Waals surface area contributed by atoms with Crippen LogP contribution in [-0.4, -0.2) is 29.8 Å². The normalized spacial score (nSPS) is 16.7. The van der Waals surface area contributed by atoms with E-state index < -0.39 is 0 Å². The molecule has 1 aliphatic rings. The molecule has 0 saturated carbocycles. The number of hydrogen-bond acceptors (Lipinski definition) is 4. The Bertz CT molecular complexity index is 1070. The number of rotatable bonds is 7. The maximum atomic E-state index is 13.7. The molecule has 5 nitrogen and oxygen atoms in total. The first kappa shape index (κ1) is 20.6. The number of piperidine rings is 1. The molecule has 1 unspecified atom stereocenters. The molecule has 2 aromatic carbocycles. The van der Waals surface area contributed by atoms with E-state index in [2.05, 4.69) is 18.3 Å². The van der Waals surface area contributed by atoms with Gasteiger partial charge in [-0.3, -0.25) is 9.36 Å². The molecule has 0 radical (unpaired) electrons. The van der Waals surface area contributed by atoms with Gasteiger partial charge in [0, 0.05) is 6.54 Å². The lowest BCUT2D eigenvalue weighted by Gasteiger charge is -2.25. The van der Waals surface area contributed by atoms with E-state index in [1.165, 1.54) is 5.56 Å². The highest BCUT2D eigenvalue weighted by Gasteiger charge is 2.20. The Kier molecular flexibility index (Phi) is 6.48. The predicted molar refractivity (Wildman–Crippen MR) is 122 cm³/mol. The van der Waals surface area contributed by atoms with Crippen molar-refractivity contribution in [2.45, 2.75) is 45.6 Å². The molecule has 0 amide bonds. The molecule has 4 rings (SSSR count). The first-order valence-corrected chi connectivity index (χ1v) is 11.1. The Balaban J connectivity index is 1.87. The minimum absolute atomic E-state index is 0.0461. The number of benzene rings is 2. The van der Waals surface area contributed by atoms with Crippen LogP contribution in [0.1, 0.15) is 38.2 Å². The standard InChI is InChI=1S/C25H31N3O2/c1-3-4-8-18-12-13-22-21(15-18)25(29)28(17-19-9-7-14-26-16-19)24(27-22)20-10-5-6-11-23(20)30-2/h5-6,10-13,15,19,26H,3-4,7-9,14,16-17H2,1-2H3. The summed E-state index contributed by atoms with van der Waals surface area (Å²) in [4.78, 5) is 18.6. The SMILES string of the molecule is CCCCc1ccc2nc(-c3ccccc3OC)n(CC3CCCNC3)c(=O)c2c1. The van der Waals surface area contributed by atoms with Gasteiger partial charge >= 0.3 is 0 Å². The summed E-state index contributed by atoms with van der Waals surface area (Å²) in [6, 6.07) is 14.0. The van der Waals surface area contributed by atoms with E-state index >= 15 is 0 Å². The number of aromatic nitrogens is 2. The fourth-order valence-corrected chi connectivity index (χ4v) is 4.35. The molecule has 30 heavy (non-hydrogen) atoms. The van der Waals surface area contributed by atoms with E-state index in [9.17, 15) is 4.79 Å². The first-order chi connectivity index (χ1) is 14.7. The highest BCUT2D eigenvalue weighted by atomic mass is 16.5. The lowest BCUT2D eigenvalue weighted by Crippen LogP contribution is -2.35. The number of unbranched alkanes of at least 4 members (excludes halogenated alkanes) is 1. The Labute approximate surface area is 178 Å². The van der Waals surface area contributed by atoms with Gasteiger partial charge in [0.1, 0.15) is 11.6 Å². The van der Waals surface area contributed by atoms with Crippen molar-refractivity contribution in [3.63, 3.8) is 0 Å². The number of nitrogens with one attached hydrogen (secondary N) is 1. The van der Waals surface area contributed by atoms with Gasteiger partial charge in [-0.15, -0.1) is 0 Å². The van der Waals surface area contributed by atoms with Crippen molar-refractivity contribution in [3.05, 3.63) is 58.4 Å². The highest BCUT2D eigenvalue weighted by molar-refractivity contribution is 5.81. The third-order valence-corrected chi connectivity index (χ3v) is 6.03. The van der Waals surface area contributed by atoms with Crippen molar-refractivity contribution in [2.75, 3.05) is 20.2 Å². The van der Waals surface area contributed by atoms with Gasteiger partial charge in [-0.05, 0) is 74.5 Å². The van der Waals surface area contributed by atoms with Gasteiger partial charge in [-0.2, -0.15) is 0 Å². The number of fused-ring (bicyclic) bond motifs is 1. The molecule has 1 aromatic heterocycles. The summed E-state index contributed by atoms with van der Waals surface area (Å²) in [5.74, 6) is 1.85. The van der Waals surface area contributed by atoms with E-state index in [1.807, 2.05) is 41.0 Å². The quantitative estimate of drug-likeness (QED) is 0.632. The summed E-state index contributed by atoms with van der Waals surface area (Å²) >= 11 is 0. The summed E-state index contributed by atoms with van der Waals surface area (Å²) in [6.07, 6.45) is 5.53. The van der Waals surface area contributed by atoms with Gasteiger partial charge < -0.3 is 10.1 Å². The fraction of sp³-hybridized carbons (Fsp3) is 0.440. The molecule has 1 N–H and O–H groups in total. The number of methoxy groups -OCH3 is 1. The second-order valence-corrected chi connectivity index (χ2v) is 8.22. The van der Waals surface area contributed by atoms with Crippen molar-refractivity contribution >= 4 is 10.9 Å². The maximum absolute atomic E-state index is 13.7. The molecule has 1 atom stereocenters. The predicted octanol–water partition coefficient (Wildman–Crippen LogP) is 4.41. The van der Waals surface area contributed by atoms with Crippen LogP contribution in [-0.2, 0) is 13.0 Å². The van der Waals surface area contributed by atoms with Gasteiger partial charge in [-0.25, -0.2) is 4.98 Å². The summed E-state index contributed by atoms with van der Waals surface area (Å²) in [7, 11) is 1.66. The zero-order valence-corrected chi connectivity index (χ0v) is 18.0. The summed E-state index contributed by atoms with van der Waals surface area (Å²) < 4.78 is 7.47. The average molecular weight is 406 g/mol. The van der Waals surface area contributed by atoms with Crippen molar-refractivity contribution in [1.82, 2.24) is 14.9 Å². The van der Waals surface area contributed by atoms with E-state index in [0.29, 0.717) is 23.7 Å². The zero-order valence-electron chi connectivity index (χ0n) is 18.0. The zero-order chi connectivity index (χ0) is 20.9. The number of hydrogen-bond donors (Lipinski definition) is 1. The molecular formula is C25H31N3O2. The lowest BCUT2D eigenvalue weighted by molar-refractivity contribution is 0.334. The van der Waals surface area contributed by atoms with Gasteiger partial charge in [-0.1, -0.05) is 31.5 Å². The molecule has 5 heteroatoms. The summed E-state index contributed by atoms with van der Waals surface area (Å²) in [6.45, 7) is 4.85. The molecule has 3 aromatic rings. The second kappa shape index (κ2) is 9.43. The molecule has 1 fully saturated rings. The Morgan fingerprint density at radius 3 is 2.87 bits per heavy atom. The molecule has 158 valence electrons. The van der Waals surface area contributed by atoms with Crippen LogP contribution < -0.4 is 15.6 Å². The summed E-state index contributed by atoms with van der Waals surface area (Å²) in [5, 5.41) is 4.18. The van der Waals surface area contributed by atoms with E-state index in [4.69, 9.17) is 9.72 Å². The highest BCUT2D eigenvalue weighted by Crippen LogP contribution is 2.29. The Hall–Kier alpha value is -2.66. The average Bonchev–Trinajstić information content (AvgIpc) is 2.80. The number of nitrogens with zero attached hydrogens (tertiary/aromatic N) is 2. The van der Waals surface area contributed by atoms with Crippen LogP contribution in [0.2, 0.25) is 0 Å². The van der Waals surface area contributed by atoms with Crippen molar-refractivity contribution in [1.29, 1.82) is 0 Å². The topological polar surface area (TPSA) is 56.1 Å². The smallest absolute Gasteiger partial charge is 0.261 e. The van der Waals surface area contributed by atoms with E-state index in [-0.39, 0.29) is 5.56 Å². The van der Waals surface area contributed by atoms with Crippen molar-refractivity contribution < 1.29 is 4.74 Å². The minimum Gasteiger partial charge on any atom is -0.496 e. The van der Waals surface area contributed by atoms with E-state index in [1.54, 1.807) is 7.11 Å². The molecule has 1 saturated heterocycles. The van der Waals surface area contributed by atoms with Crippen molar-refractivity contribution in [2.24, 2.45) is 5.92 Å². The van der Waals surface area contributed by atoms with Gasteiger partial charge in [0.15, 0.2) is 0 Å². The third kappa shape index (κ3) is 4.26. The monoisotopic (exact) mass is 405 g/mol. The van der Waals surface area contributed by atoms with Crippen LogP contribution >= 0.6 is 0 Å². The maximum Gasteiger partial charge on any atom is 0.261 e. The number of ether oxygens (including phenoxy) is 1. The number of aryl methyl sites for hydroxylation is 1. The van der Waals surface area contributed by atoms with Gasteiger partial charge in [0.2, 0.25) is 0 Å². The Morgan fingerprint density at radius 2 is 2.10 bits per heavy atom. The molecule has 0 spiro atoms. The van der Waals surface area contributed by atoms with Crippen LogP contribution in [0.4, 0.5) is 0 Å². The minimum atomic E-state index is 0.0461. The summed E-state index contributed by atoms with van der Waals surface area (Å²) in [5.41, 5.74) is 2.86. The largest absolute Gasteiger partial charge is 0.496 e. The van der Waals surface area contributed by atoms with Crippen LogP contribution in [0.15, 0.2) is 47.3 Å². The Morgan fingerprint density at radius 1 is 1.23 bits per heavy atom. The van der Waals surface area contributed by atoms with Gasteiger partial charge in [0.05, 0.1) is 23.6 Å². The van der Waals surface area contributed by atoms with Crippen LogP contribution in [0.25, 0.3) is 22.3 Å². The molecule has 2 heterocycles. The van der Waals surface area contributed by atoms with Crippen LogP contribution in [0.3, 0.4) is 0 Å². The lowest BCUT2D eigenvalue weighted by atomic mass is 9.99. The van der Waals surface area contributed by atoms with Crippen LogP contribution in [0, 0.1) is 5.92 Å². The van der Waals surface area contributed by atoms with Gasteiger partial charge in [0.25, 0.3) is 5.56 Å². The molecule has 0 aliphatic carbocycles. The van der Waals surface area contributed by atoms with E-state index in [0.717, 1.165) is 62.0 Å². The third-order valence-electron chi connectivity index (χ3n) is 6.03. The molecule has 1 aliphatic heterocycles. The fourth-order valence-electron chi connectivity index (χ4n) is 4.35. The second-order valence-electron chi connectivity index (χ2n) is 8.22. The molecular weight excluding hydrogens is 374 g/mol. The van der Waals surface area contributed by atoms with Crippen molar-refractivity contribution in [3.8, 4) is 17.1 Å². The molecule has 0 bridgehead atoms. The van der Waals surface area contributed by atoms with Crippen LogP contribution in [0.5, 0.6) is 5.75 Å². The first-order valence-electron chi connectivity index (χ1n) is 11.1. The number of para-hydroxylation sites is 1.